The molecule has 0 aliphatic rings. The predicted octanol–water partition coefficient (Wildman–Crippen LogP) is 3.46. The molecule has 1 aromatic carbocycles. The van der Waals surface area contributed by atoms with Gasteiger partial charge >= 0.3 is 6.18 Å². The number of methoxy groups -OCH3 is 2. The van der Waals surface area contributed by atoms with E-state index in [1.807, 2.05) is 19.1 Å². The zero-order chi connectivity index (χ0) is 17.9. The number of anilines is 1. The third kappa shape index (κ3) is 3.87. The van der Waals surface area contributed by atoms with E-state index in [1.165, 1.54) is 6.07 Å². The third-order valence-corrected chi connectivity index (χ3v) is 3.58. The number of nitrogens with zero attached hydrogens (tertiary/aromatic N) is 3. The highest BCUT2D eigenvalue weighted by molar-refractivity contribution is 5.48. The molecule has 5 nitrogen and oxygen atoms in total. The van der Waals surface area contributed by atoms with Gasteiger partial charge in [0.25, 0.3) is 0 Å². The number of hydrogen-bond acceptors (Lipinski definition) is 5. The molecule has 8 heteroatoms. The van der Waals surface area contributed by atoms with Gasteiger partial charge in [0.2, 0.25) is 0 Å². The number of halogens is 3. The van der Waals surface area contributed by atoms with Crippen molar-refractivity contribution in [3.63, 3.8) is 0 Å². The van der Waals surface area contributed by atoms with Crippen molar-refractivity contribution in [3.05, 3.63) is 41.1 Å². The van der Waals surface area contributed by atoms with Crippen LogP contribution in [0.3, 0.4) is 0 Å². The van der Waals surface area contributed by atoms with Crippen molar-refractivity contribution in [3.8, 4) is 11.5 Å². The standard InChI is InChI=1S/C16H18F3N3O2/c1-10-7-12(23-3)13(24-4)8-11(10)9-22(2)15-6-5-14(20-21-15)16(17,18)19/h5-8H,9H2,1-4H3. The minimum Gasteiger partial charge on any atom is -0.493 e. The summed E-state index contributed by atoms with van der Waals surface area (Å²) in [5.41, 5.74) is 0.901. The lowest BCUT2D eigenvalue weighted by atomic mass is 10.1. The molecule has 0 aliphatic carbocycles. The lowest BCUT2D eigenvalue weighted by Gasteiger charge is -2.20. The van der Waals surface area contributed by atoms with Gasteiger partial charge in [-0.1, -0.05) is 0 Å². The third-order valence-electron chi connectivity index (χ3n) is 3.58. The van der Waals surface area contributed by atoms with E-state index < -0.39 is 11.9 Å². The highest BCUT2D eigenvalue weighted by atomic mass is 19.4. The van der Waals surface area contributed by atoms with Crippen LogP contribution in [-0.4, -0.2) is 31.5 Å². The summed E-state index contributed by atoms with van der Waals surface area (Å²) in [4.78, 5) is 1.71. The first-order valence-electron chi connectivity index (χ1n) is 7.09. The topological polar surface area (TPSA) is 47.5 Å². The Morgan fingerprint density at radius 1 is 1.04 bits per heavy atom. The van der Waals surface area contributed by atoms with Crippen molar-refractivity contribution in [2.75, 3.05) is 26.2 Å². The summed E-state index contributed by atoms with van der Waals surface area (Å²) in [5.74, 6) is 1.55. The van der Waals surface area contributed by atoms with Crippen molar-refractivity contribution < 1.29 is 22.6 Å². The number of rotatable bonds is 5. The summed E-state index contributed by atoms with van der Waals surface area (Å²) < 4.78 is 48.1. The van der Waals surface area contributed by atoms with Crippen LogP contribution in [0.5, 0.6) is 11.5 Å². The average Bonchev–Trinajstić information content (AvgIpc) is 2.55. The molecular formula is C16H18F3N3O2. The van der Waals surface area contributed by atoms with Crippen LogP contribution >= 0.6 is 0 Å². The zero-order valence-electron chi connectivity index (χ0n) is 13.8. The Hall–Kier alpha value is -2.51. The molecule has 0 aliphatic heterocycles. The SMILES string of the molecule is COc1cc(C)c(CN(C)c2ccc(C(F)(F)F)nn2)cc1OC. The molecule has 0 unspecified atom stereocenters. The van der Waals surface area contributed by atoms with Gasteiger partial charge < -0.3 is 14.4 Å². The zero-order valence-corrected chi connectivity index (χ0v) is 13.8. The molecule has 24 heavy (non-hydrogen) atoms. The first-order chi connectivity index (χ1) is 11.3. The smallest absolute Gasteiger partial charge is 0.435 e. The first kappa shape index (κ1) is 17.8. The van der Waals surface area contributed by atoms with Crippen LogP contribution in [0.15, 0.2) is 24.3 Å². The fourth-order valence-corrected chi connectivity index (χ4v) is 2.21. The van der Waals surface area contributed by atoms with Gasteiger partial charge in [-0.2, -0.15) is 13.2 Å². The van der Waals surface area contributed by atoms with E-state index in [4.69, 9.17) is 9.47 Å². The first-order valence-corrected chi connectivity index (χ1v) is 7.09. The van der Waals surface area contributed by atoms with Crippen LogP contribution < -0.4 is 14.4 Å². The van der Waals surface area contributed by atoms with Gasteiger partial charge in [0.05, 0.1) is 14.2 Å². The molecule has 0 amide bonds. The van der Waals surface area contributed by atoms with Crippen LogP contribution in [0.1, 0.15) is 16.8 Å². The molecule has 0 radical (unpaired) electrons. The number of benzene rings is 1. The number of ether oxygens (including phenoxy) is 2. The maximum absolute atomic E-state index is 12.5. The van der Waals surface area contributed by atoms with Gasteiger partial charge in [-0.05, 0) is 42.3 Å². The Morgan fingerprint density at radius 3 is 2.17 bits per heavy atom. The summed E-state index contributed by atoms with van der Waals surface area (Å²) >= 11 is 0. The lowest BCUT2D eigenvalue weighted by molar-refractivity contribution is -0.141. The number of hydrogen-bond donors (Lipinski definition) is 0. The maximum Gasteiger partial charge on any atom is 0.435 e. The fourth-order valence-electron chi connectivity index (χ4n) is 2.21. The summed E-state index contributed by atoms with van der Waals surface area (Å²) in [6.45, 7) is 2.36. The molecule has 2 rings (SSSR count). The highest BCUT2D eigenvalue weighted by Gasteiger charge is 2.33. The van der Waals surface area contributed by atoms with Crippen molar-refractivity contribution in [2.24, 2.45) is 0 Å². The summed E-state index contributed by atoms with van der Waals surface area (Å²) in [7, 11) is 4.83. The van der Waals surface area contributed by atoms with Crippen molar-refractivity contribution in [1.29, 1.82) is 0 Å². The molecule has 1 aromatic heterocycles. The second-order valence-corrected chi connectivity index (χ2v) is 5.26. The normalized spacial score (nSPS) is 11.3. The molecule has 0 saturated heterocycles. The quantitative estimate of drug-likeness (QED) is 0.833. The van der Waals surface area contributed by atoms with Gasteiger partial charge in [-0.3, -0.25) is 0 Å². The molecule has 0 bridgehead atoms. The van der Waals surface area contributed by atoms with E-state index in [-0.39, 0.29) is 0 Å². The minimum absolute atomic E-state index is 0.345. The van der Waals surface area contributed by atoms with Crippen LogP contribution in [0.4, 0.5) is 19.0 Å². The largest absolute Gasteiger partial charge is 0.493 e. The van der Waals surface area contributed by atoms with E-state index in [0.29, 0.717) is 23.9 Å². The molecule has 0 fully saturated rings. The molecule has 0 spiro atoms. The number of aromatic nitrogens is 2. The fraction of sp³-hybridized carbons (Fsp3) is 0.375. The highest BCUT2D eigenvalue weighted by Crippen LogP contribution is 2.31. The molecule has 130 valence electrons. The second-order valence-electron chi connectivity index (χ2n) is 5.26. The molecular weight excluding hydrogens is 323 g/mol. The minimum atomic E-state index is -4.50. The van der Waals surface area contributed by atoms with Crippen LogP contribution in [0.2, 0.25) is 0 Å². The summed E-state index contributed by atoms with van der Waals surface area (Å²) in [6.07, 6.45) is -4.50. The molecule has 0 N–H and O–H groups in total. The monoisotopic (exact) mass is 341 g/mol. The Kier molecular flexibility index (Phi) is 5.16. The van der Waals surface area contributed by atoms with Crippen LogP contribution in [-0.2, 0) is 12.7 Å². The predicted molar refractivity (Wildman–Crippen MR) is 83.4 cm³/mol. The van der Waals surface area contributed by atoms with Gasteiger partial charge in [0.1, 0.15) is 0 Å². The average molecular weight is 341 g/mol. The van der Waals surface area contributed by atoms with Gasteiger partial charge in [-0.25, -0.2) is 0 Å². The molecule has 1 heterocycles. The maximum atomic E-state index is 12.5. The van der Waals surface area contributed by atoms with Crippen molar-refractivity contribution in [1.82, 2.24) is 10.2 Å². The Bertz CT molecular complexity index is 703. The lowest BCUT2D eigenvalue weighted by Crippen LogP contribution is -2.20. The van der Waals surface area contributed by atoms with Gasteiger partial charge in [-0.15, -0.1) is 10.2 Å². The van der Waals surface area contributed by atoms with Gasteiger partial charge in [0.15, 0.2) is 23.0 Å². The molecule has 2 aromatic rings. The van der Waals surface area contributed by atoms with E-state index >= 15 is 0 Å². The number of alkyl halides is 3. The summed E-state index contributed by atoms with van der Waals surface area (Å²) in [6, 6.07) is 5.90. The molecule has 0 saturated carbocycles. The van der Waals surface area contributed by atoms with E-state index in [9.17, 15) is 13.2 Å². The van der Waals surface area contributed by atoms with Crippen molar-refractivity contribution in [2.45, 2.75) is 19.6 Å². The van der Waals surface area contributed by atoms with E-state index in [2.05, 4.69) is 10.2 Å². The number of aryl methyl sites for hydroxylation is 1. The Morgan fingerprint density at radius 2 is 1.67 bits per heavy atom. The second kappa shape index (κ2) is 6.94. The molecule has 0 atom stereocenters. The van der Waals surface area contributed by atoms with Gasteiger partial charge in [0, 0.05) is 13.6 Å². The summed E-state index contributed by atoms with van der Waals surface area (Å²) in [5, 5.41) is 6.88. The van der Waals surface area contributed by atoms with Crippen LogP contribution in [0.25, 0.3) is 0 Å². The van der Waals surface area contributed by atoms with Crippen molar-refractivity contribution >= 4 is 5.82 Å². The van der Waals surface area contributed by atoms with E-state index in [0.717, 1.165) is 17.2 Å². The van der Waals surface area contributed by atoms with Crippen LogP contribution in [0, 0.1) is 6.92 Å². The Balaban J connectivity index is 2.22. The Labute approximate surface area is 138 Å². The van der Waals surface area contributed by atoms with E-state index in [1.54, 1.807) is 26.2 Å².